The Labute approximate surface area is 127 Å². The minimum Gasteiger partial charge on any atom is -0.326 e. The molecule has 0 unspecified atom stereocenters. The van der Waals surface area contributed by atoms with Crippen LogP contribution in [0.5, 0.6) is 0 Å². The molecular weight excluding hydrogens is 375 g/mol. The molecule has 4 nitrogen and oxygen atoms in total. The van der Waals surface area contributed by atoms with E-state index in [1.54, 1.807) is 0 Å². The molecular formula is C12H11BrF3NO3S. The second-order valence-corrected chi connectivity index (χ2v) is 7.86. The number of carbonyl (C=O) groups excluding carboxylic acids is 1. The van der Waals surface area contributed by atoms with E-state index in [-0.39, 0.29) is 28.1 Å². The number of halogens is 4. The van der Waals surface area contributed by atoms with E-state index >= 15 is 0 Å². The molecule has 1 aromatic carbocycles. The lowest BCUT2D eigenvalue weighted by molar-refractivity contribution is -0.138. The molecule has 1 aliphatic heterocycles. The van der Waals surface area contributed by atoms with Crippen LogP contribution in [0.15, 0.2) is 22.7 Å². The number of nitrogens with one attached hydrogen (secondary N) is 1. The van der Waals surface area contributed by atoms with Gasteiger partial charge in [0.15, 0.2) is 9.84 Å². The van der Waals surface area contributed by atoms with E-state index < -0.39 is 33.4 Å². The van der Waals surface area contributed by atoms with Gasteiger partial charge in [-0.2, -0.15) is 13.2 Å². The first kappa shape index (κ1) is 16.3. The van der Waals surface area contributed by atoms with Crippen LogP contribution in [0, 0.1) is 5.92 Å². The monoisotopic (exact) mass is 385 g/mol. The Morgan fingerprint density at radius 2 is 2.00 bits per heavy atom. The Kier molecular flexibility index (Phi) is 4.34. The second kappa shape index (κ2) is 5.60. The molecule has 21 heavy (non-hydrogen) atoms. The van der Waals surface area contributed by atoms with Gasteiger partial charge in [0.25, 0.3) is 0 Å². The predicted octanol–water partition coefficient (Wildman–Crippen LogP) is 2.84. The molecule has 116 valence electrons. The molecule has 9 heteroatoms. The normalized spacial score (nSPS) is 21.2. The lowest BCUT2D eigenvalue weighted by atomic mass is 10.1. The Morgan fingerprint density at radius 1 is 1.33 bits per heavy atom. The summed E-state index contributed by atoms with van der Waals surface area (Å²) in [6.45, 7) is 0. The number of hydrogen-bond donors (Lipinski definition) is 1. The van der Waals surface area contributed by atoms with E-state index in [1.807, 2.05) is 0 Å². The molecule has 0 spiro atoms. The summed E-state index contributed by atoms with van der Waals surface area (Å²) in [5, 5.41) is 2.34. The molecule has 0 saturated carbocycles. The molecule has 0 aliphatic carbocycles. The van der Waals surface area contributed by atoms with Gasteiger partial charge in [-0.25, -0.2) is 8.42 Å². The van der Waals surface area contributed by atoms with Gasteiger partial charge in [0.1, 0.15) is 0 Å². The van der Waals surface area contributed by atoms with Crippen LogP contribution in [0.1, 0.15) is 12.0 Å². The summed E-state index contributed by atoms with van der Waals surface area (Å²) in [4.78, 5) is 11.9. The van der Waals surface area contributed by atoms with E-state index in [4.69, 9.17) is 0 Å². The Hall–Kier alpha value is -1.09. The van der Waals surface area contributed by atoms with Crippen molar-refractivity contribution in [3.63, 3.8) is 0 Å². The highest BCUT2D eigenvalue weighted by molar-refractivity contribution is 9.10. The zero-order valence-corrected chi connectivity index (χ0v) is 13.0. The van der Waals surface area contributed by atoms with Gasteiger partial charge in [0.05, 0.1) is 23.0 Å². The van der Waals surface area contributed by atoms with Gasteiger partial charge in [-0.15, -0.1) is 0 Å². The summed E-state index contributed by atoms with van der Waals surface area (Å²) in [5.41, 5.74) is -0.917. The number of rotatable bonds is 2. The van der Waals surface area contributed by atoms with Gasteiger partial charge in [-0.05, 0) is 24.6 Å². The first-order valence-corrected chi connectivity index (χ1v) is 8.58. The van der Waals surface area contributed by atoms with Gasteiger partial charge in [0.2, 0.25) is 5.91 Å². The number of carbonyl (C=O) groups is 1. The van der Waals surface area contributed by atoms with Crippen LogP contribution in [-0.4, -0.2) is 25.8 Å². The molecule has 1 atom stereocenters. The Morgan fingerprint density at radius 3 is 2.52 bits per heavy atom. The SMILES string of the molecule is O=C(Nc1ccc(Br)c(C(F)(F)F)c1)[C@@H]1CCS(=O)(=O)C1. The van der Waals surface area contributed by atoms with E-state index in [1.165, 1.54) is 12.1 Å². The third-order valence-electron chi connectivity index (χ3n) is 3.14. The van der Waals surface area contributed by atoms with Crippen molar-refractivity contribution in [1.82, 2.24) is 0 Å². The summed E-state index contributed by atoms with van der Waals surface area (Å²) in [5.74, 6) is -1.62. The molecule has 2 rings (SSSR count). The van der Waals surface area contributed by atoms with Crippen molar-refractivity contribution in [1.29, 1.82) is 0 Å². The van der Waals surface area contributed by atoms with Crippen molar-refractivity contribution in [2.45, 2.75) is 12.6 Å². The van der Waals surface area contributed by atoms with Gasteiger partial charge in [-0.1, -0.05) is 15.9 Å². The van der Waals surface area contributed by atoms with E-state index in [2.05, 4.69) is 21.2 Å². The van der Waals surface area contributed by atoms with Gasteiger partial charge >= 0.3 is 6.18 Å². The van der Waals surface area contributed by atoms with Crippen LogP contribution < -0.4 is 5.32 Å². The molecule has 1 saturated heterocycles. The standard InChI is InChI=1S/C12H11BrF3NO3S/c13-10-2-1-8(5-9(10)12(14,15)16)17-11(18)7-3-4-21(19,20)6-7/h1-2,5,7H,3-4,6H2,(H,17,18)/t7-/m1/s1. The van der Waals surface area contributed by atoms with Gasteiger partial charge in [-0.3, -0.25) is 4.79 Å². The number of amides is 1. The number of hydrogen-bond acceptors (Lipinski definition) is 3. The zero-order valence-electron chi connectivity index (χ0n) is 10.6. The number of alkyl halides is 3. The maximum absolute atomic E-state index is 12.7. The molecule has 1 fully saturated rings. The topological polar surface area (TPSA) is 63.2 Å². The average molecular weight is 386 g/mol. The first-order valence-electron chi connectivity index (χ1n) is 5.96. The summed E-state index contributed by atoms with van der Waals surface area (Å²) in [6, 6.07) is 3.32. The van der Waals surface area contributed by atoms with Crippen molar-refractivity contribution < 1.29 is 26.4 Å². The summed E-state index contributed by atoms with van der Waals surface area (Å²) in [7, 11) is -3.22. The van der Waals surface area contributed by atoms with E-state index in [9.17, 15) is 26.4 Å². The number of benzene rings is 1. The quantitative estimate of drug-likeness (QED) is 0.851. The first-order chi connectivity index (χ1) is 9.58. The van der Waals surface area contributed by atoms with Crippen molar-refractivity contribution in [2.75, 3.05) is 16.8 Å². The predicted molar refractivity (Wildman–Crippen MR) is 74.5 cm³/mol. The van der Waals surface area contributed by atoms with E-state index in [0.29, 0.717) is 0 Å². The van der Waals surface area contributed by atoms with Crippen LogP contribution in [0.4, 0.5) is 18.9 Å². The number of sulfone groups is 1. The highest BCUT2D eigenvalue weighted by Crippen LogP contribution is 2.36. The second-order valence-electron chi connectivity index (χ2n) is 4.78. The molecule has 0 bridgehead atoms. The van der Waals surface area contributed by atoms with Crippen molar-refractivity contribution in [3.8, 4) is 0 Å². The summed E-state index contributed by atoms with van der Waals surface area (Å²) < 4.78 is 60.7. The smallest absolute Gasteiger partial charge is 0.326 e. The average Bonchev–Trinajstić information content (AvgIpc) is 2.71. The van der Waals surface area contributed by atoms with Gasteiger partial charge in [0, 0.05) is 10.2 Å². The maximum Gasteiger partial charge on any atom is 0.417 e. The fourth-order valence-electron chi connectivity index (χ4n) is 2.07. The highest BCUT2D eigenvalue weighted by atomic mass is 79.9. The molecule has 1 heterocycles. The molecule has 1 amide bonds. The molecule has 1 aliphatic rings. The summed E-state index contributed by atoms with van der Waals surface area (Å²) in [6.07, 6.45) is -4.35. The fraction of sp³-hybridized carbons (Fsp3) is 0.417. The van der Waals surface area contributed by atoms with Crippen LogP contribution in [-0.2, 0) is 20.8 Å². The van der Waals surface area contributed by atoms with Crippen molar-refractivity contribution >= 4 is 37.4 Å². The lowest BCUT2D eigenvalue weighted by Crippen LogP contribution is -2.24. The largest absolute Gasteiger partial charge is 0.417 e. The van der Waals surface area contributed by atoms with Crippen LogP contribution in [0.3, 0.4) is 0 Å². The maximum atomic E-state index is 12.7. The Balaban J connectivity index is 2.15. The third kappa shape index (κ3) is 3.97. The van der Waals surface area contributed by atoms with Crippen LogP contribution in [0.2, 0.25) is 0 Å². The van der Waals surface area contributed by atoms with Crippen molar-refractivity contribution in [2.24, 2.45) is 5.92 Å². The van der Waals surface area contributed by atoms with Crippen molar-refractivity contribution in [3.05, 3.63) is 28.2 Å². The number of anilines is 1. The van der Waals surface area contributed by atoms with Gasteiger partial charge < -0.3 is 5.32 Å². The minimum atomic E-state index is -4.55. The summed E-state index contributed by atoms with van der Waals surface area (Å²) >= 11 is 2.80. The Bertz CT molecular complexity index is 673. The molecule has 0 aromatic heterocycles. The third-order valence-corrected chi connectivity index (χ3v) is 5.60. The van der Waals surface area contributed by atoms with E-state index in [0.717, 1.165) is 6.07 Å². The molecule has 1 N–H and O–H groups in total. The van der Waals surface area contributed by atoms with Crippen LogP contribution in [0.25, 0.3) is 0 Å². The zero-order chi connectivity index (χ0) is 15.8. The fourth-order valence-corrected chi connectivity index (χ4v) is 4.28. The molecule has 0 radical (unpaired) electrons. The minimum absolute atomic E-state index is 0.0141. The lowest BCUT2D eigenvalue weighted by Gasteiger charge is -2.13. The molecule has 1 aromatic rings. The van der Waals surface area contributed by atoms with Crippen LogP contribution >= 0.6 is 15.9 Å². The highest BCUT2D eigenvalue weighted by Gasteiger charge is 2.35.